The van der Waals surface area contributed by atoms with E-state index in [1.165, 1.54) is 24.3 Å². The lowest BCUT2D eigenvalue weighted by atomic mass is 10.0. The molecule has 8 heteroatoms. The van der Waals surface area contributed by atoms with Crippen LogP contribution < -0.4 is 14.4 Å². The molecule has 1 N–H and O–H groups in total. The zero-order chi connectivity index (χ0) is 21.2. The van der Waals surface area contributed by atoms with Crippen LogP contribution in [0.2, 0.25) is 5.02 Å². The van der Waals surface area contributed by atoms with Gasteiger partial charge in [0.25, 0.3) is 0 Å². The predicted molar refractivity (Wildman–Crippen MR) is 115 cm³/mol. The number of ether oxygens (including phenoxy) is 1. The molecule has 0 radical (unpaired) electrons. The van der Waals surface area contributed by atoms with Crippen molar-refractivity contribution in [2.75, 3.05) is 24.2 Å². The number of methoxy groups -OCH3 is 1. The molecule has 1 unspecified atom stereocenters. The van der Waals surface area contributed by atoms with E-state index in [0.29, 0.717) is 11.4 Å². The Bertz CT molecular complexity index is 1020. The molecule has 0 spiro atoms. The molecule has 0 aromatic heterocycles. The fraction of sp³-hybridized carbons (Fsp3) is 0.381. The van der Waals surface area contributed by atoms with E-state index in [1.54, 1.807) is 12.1 Å². The maximum atomic E-state index is 12.6. The number of anilines is 1. The van der Waals surface area contributed by atoms with E-state index in [9.17, 15) is 13.2 Å². The number of rotatable bonds is 7. The molecule has 0 bridgehead atoms. The summed E-state index contributed by atoms with van der Waals surface area (Å²) in [7, 11) is -2.21. The number of carbonyl (C=O) groups is 1. The van der Waals surface area contributed by atoms with Crippen molar-refractivity contribution in [1.29, 1.82) is 0 Å². The standard InChI is InChI=1S/C21H25ClN2O4S/c1-14(16-8-7-15-5-4-6-17(15)11-16)23-21(25)13-24(29(3,26)27)18-9-10-20(28-2)19(22)12-18/h7-12,14H,4-6,13H2,1-3H3,(H,23,25). The summed E-state index contributed by atoms with van der Waals surface area (Å²) in [6, 6.07) is 10.6. The Kier molecular flexibility index (Phi) is 6.39. The summed E-state index contributed by atoms with van der Waals surface area (Å²) in [6.45, 7) is 1.56. The van der Waals surface area contributed by atoms with Crippen LogP contribution in [0.1, 0.15) is 36.1 Å². The van der Waals surface area contributed by atoms with Crippen molar-refractivity contribution in [2.24, 2.45) is 0 Å². The fourth-order valence-corrected chi connectivity index (χ4v) is 4.67. The van der Waals surface area contributed by atoms with Crippen LogP contribution in [0.15, 0.2) is 36.4 Å². The molecule has 0 fully saturated rings. The Morgan fingerprint density at radius 1 is 1.21 bits per heavy atom. The SMILES string of the molecule is COc1ccc(N(CC(=O)NC(C)c2ccc3c(c2)CCC3)S(C)(=O)=O)cc1Cl. The molecule has 1 aliphatic carbocycles. The van der Waals surface area contributed by atoms with Crippen molar-refractivity contribution in [3.8, 4) is 5.75 Å². The lowest BCUT2D eigenvalue weighted by Crippen LogP contribution is -2.41. The maximum absolute atomic E-state index is 12.6. The highest BCUT2D eigenvalue weighted by Gasteiger charge is 2.23. The molecular weight excluding hydrogens is 412 g/mol. The second-order valence-corrected chi connectivity index (χ2v) is 9.57. The van der Waals surface area contributed by atoms with E-state index in [4.69, 9.17) is 16.3 Å². The Labute approximate surface area is 176 Å². The van der Waals surface area contributed by atoms with Crippen LogP contribution >= 0.6 is 11.6 Å². The van der Waals surface area contributed by atoms with Crippen molar-refractivity contribution >= 4 is 33.2 Å². The van der Waals surface area contributed by atoms with Crippen LogP contribution in [0.3, 0.4) is 0 Å². The van der Waals surface area contributed by atoms with Crippen molar-refractivity contribution in [3.05, 3.63) is 58.1 Å². The number of nitrogens with one attached hydrogen (secondary N) is 1. The van der Waals surface area contributed by atoms with Gasteiger partial charge >= 0.3 is 0 Å². The number of fused-ring (bicyclic) bond motifs is 1. The molecule has 29 heavy (non-hydrogen) atoms. The van der Waals surface area contributed by atoms with E-state index in [2.05, 4.69) is 17.4 Å². The summed E-state index contributed by atoms with van der Waals surface area (Å²) in [5, 5.41) is 3.16. The van der Waals surface area contributed by atoms with Gasteiger partial charge in [-0.05, 0) is 61.1 Å². The van der Waals surface area contributed by atoms with Crippen molar-refractivity contribution in [1.82, 2.24) is 5.32 Å². The number of benzene rings is 2. The number of halogens is 1. The van der Waals surface area contributed by atoms with Crippen molar-refractivity contribution in [3.63, 3.8) is 0 Å². The minimum Gasteiger partial charge on any atom is -0.495 e. The van der Waals surface area contributed by atoms with Gasteiger partial charge in [0.2, 0.25) is 15.9 Å². The minimum atomic E-state index is -3.68. The summed E-state index contributed by atoms with van der Waals surface area (Å²) in [5.41, 5.74) is 4.01. The first-order valence-electron chi connectivity index (χ1n) is 9.41. The largest absolute Gasteiger partial charge is 0.495 e. The number of nitrogens with zero attached hydrogens (tertiary/aromatic N) is 1. The first kappa shape index (κ1) is 21.5. The third-order valence-electron chi connectivity index (χ3n) is 5.11. The van der Waals surface area contributed by atoms with Gasteiger partial charge in [-0.2, -0.15) is 0 Å². The summed E-state index contributed by atoms with van der Waals surface area (Å²) in [6.07, 6.45) is 4.38. The molecule has 1 aliphatic rings. The minimum absolute atomic E-state index is 0.228. The molecular formula is C21H25ClN2O4S. The molecule has 1 atom stereocenters. The van der Waals surface area contributed by atoms with Gasteiger partial charge in [0.1, 0.15) is 12.3 Å². The molecule has 0 heterocycles. The summed E-state index contributed by atoms with van der Waals surface area (Å²) in [5.74, 6) is 0.0360. The first-order valence-corrected chi connectivity index (χ1v) is 11.6. The van der Waals surface area contributed by atoms with E-state index < -0.39 is 15.9 Å². The fourth-order valence-electron chi connectivity index (χ4n) is 3.57. The lowest BCUT2D eigenvalue weighted by molar-refractivity contribution is -0.120. The third-order valence-corrected chi connectivity index (χ3v) is 6.55. The average molecular weight is 437 g/mol. The van der Waals surface area contributed by atoms with Crippen LogP contribution in [0.4, 0.5) is 5.69 Å². The van der Waals surface area contributed by atoms with E-state index in [0.717, 1.165) is 35.4 Å². The van der Waals surface area contributed by atoms with Crippen molar-refractivity contribution in [2.45, 2.75) is 32.2 Å². The number of hydrogen-bond donors (Lipinski definition) is 1. The Hall–Kier alpha value is -2.25. The smallest absolute Gasteiger partial charge is 0.241 e. The number of amides is 1. The Balaban J connectivity index is 1.74. The van der Waals surface area contributed by atoms with Crippen LogP contribution in [0, 0.1) is 0 Å². The van der Waals surface area contributed by atoms with Gasteiger partial charge in [-0.25, -0.2) is 8.42 Å². The van der Waals surface area contributed by atoms with Crippen LogP contribution in [-0.2, 0) is 27.7 Å². The van der Waals surface area contributed by atoms with Crippen molar-refractivity contribution < 1.29 is 17.9 Å². The average Bonchev–Trinajstić information content (AvgIpc) is 3.13. The number of carbonyl (C=O) groups excluding carboxylic acids is 1. The Morgan fingerprint density at radius 2 is 1.93 bits per heavy atom. The number of hydrogen-bond acceptors (Lipinski definition) is 4. The molecule has 1 amide bonds. The zero-order valence-corrected chi connectivity index (χ0v) is 18.3. The molecule has 0 saturated carbocycles. The first-order chi connectivity index (χ1) is 13.7. The summed E-state index contributed by atoms with van der Waals surface area (Å²) < 4.78 is 30.7. The molecule has 3 rings (SSSR count). The van der Waals surface area contributed by atoms with Gasteiger partial charge in [-0.15, -0.1) is 0 Å². The van der Waals surface area contributed by atoms with Gasteiger partial charge in [-0.1, -0.05) is 29.8 Å². The molecule has 0 saturated heterocycles. The van der Waals surface area contributed by atoms with E-state index >= 15 is 0 Å². The second kappa shape index (κ2) is 8.63. The molecule has 156 valence electrons. The molecule has 0 aliphatic heterocycles. The normalized spacial score (nSPS) is 14.2. The monoisotopic (exact) mass is 436 g/mol. The summed E-state index contributed by atoms with van der Waals surface area (Å²) in [4.78, 5) is 12.6. The molecule has 6 nitrogen and oxygen atoms in total. The highest BCUT2D eigenvalue weighted by molar-refractivity contribution is 7.92. The van der Waals surface area contributed by atoms with Gasteiger partial charge in [0.15, 0.2) is 0 Å². The predicted octanol–water partition coefficient (Wildman–Crippen LogP) is 3.48. The van der Waals surface area contributed by atoms with Crippen LogP contribution in [0.25, 0.3) is 0 Å². The maximum Gasteiger partial charge on any atom is 0.241 e. The van der Waals surface area contributed by atoms with Gasteiger partial charge < -0.3 is 10.1 Å². The summed E-state index contributed by atoms with van der Waals surface area (Å²) >= 11 is 6.12. The van der Waals surface area contributed by atoms with Crippen LogP contribution in [0.5, 0.6) is 5.75 Å². The zero-order valence-electron chi connectivity index (χ0n) is 16.7. The number of aryl methyl sites for hydroxylation is 2. The van der Waals surface area contributed by atoms with Crippen LogP contribution in [-0.4, -0.2) is 34.2 Å². The molecule has 2 aromatic rings. The van der Waals surface area contributed by atoms with Gasteiger partial charge in [0, 0.05) is 0 Å². The lowest BCUT2D eigenvalue weighted by Gasteiger charge is -2.24. The quantitative estimate of drug-likeness (QED) is 0.720. The highest BCUT2D eigenvalue weighted by atomic mass is 35.5. The Morgan fingerprint density at radius 3 is 2.59 bits per heavy atom. The highest BCUT2D eigenvalue weighted by Crippen LogP contribution is 2.30. The van der Waals surface area contributed by atoms with Gasteiger partial charge in [0.05, 0.1) is 30.1 Å². The third kappa shape index (κ3) is 5.03. The molecule has 2 aromatic carbocycles. The topological polar surface area (TPSA) is 75.7 Å². The second-order valence-electron chi connectivity index (χ2n) is 7.26. The van der Waals surface area contributed by atoms with Gasteiger partial charge in [-0.3, -0.25) is 9.10 Å². The van der Waals surface area contributed by atoms with E-state index in [-0.39, 0.29) is 17.6 Å². The number of sulfonamides is 1. The van der Waals surface area contributed by atoms with E-state index in [1.807, 2.05) is 13.0 Å².